The third-order valence-corrected chi connectivity index (χ3v) is 5.04. The smallest absolute Gasteiger partial charge is 0.344 e. The van der Waals surface area contributed by atoms with E-state index >= 15 is 0 Å². The fraction of sp³-hybridized carbons (Fsp3) is 0.174. The van der Waals surface area contributed by atoms with Crippen LogP contribution in [-0.2, 0) is 4.74 Å². The highest BCUT2D eigenvalue weighted by Gasteiger charge is 2.38. The zero-order valence-electron chi connectivity index (χ0n) is 17.8. The van der Waals surface area contributed by atoms with Crippen LogP contribution >= 0.6 is 20.8 Å². The Morgan fingerprint density at radius 2 is 2.00 bits per heavy atom. The summed E-state index contributed by atoms with van der Waals surface area (Å²) in [7, 11) is 1.43. The number of carbonyl (C=O) groups is 1. The van der Waals surface area contributed by atoms with Gasteiger partial charge in [0.2, 0.25) is 0 Å². The molecule has 10 heteroatoms. The predicted octanol–water partition coefficient (Wildman–Crippen LogP) is 6.02. The van der Waals surface area contributed by atoms with Crippen molar-refractivity contribution in [3.05, 3.63) is 76.6 Å². The molecule has 0 radical (unpaired) electrons. The molecule has 0 aliphatic heterocycles. The maximum atomic E-state index is 14.7. The van der Waals surface area contributed by atoms with E-state index in [9.17, 15) is 13.6 Å². The quantitative estimate of drug-likeness (QED) is 0.248. The SMILES string of the molecule is CCOC(=O)c1c(-c2ccc(Cl)cc2)noc1C(=CN)C(=Nc1cccc(C)c1)C(F)(F)P. The number of rotatable bonds is 7. The second-order valence-electron chi connectivity index (χ2n) is 6.97. The number of aliphatic imine (C=N–C) groups is 1. The van der Waals surface area contributed by atoms with Gasteiger partial charge < -0.3 is 15.0 Å². The Balaban J connectivity index is 2.23. The molecule has 1 heterocycles. The molecule has 1 unspecified atom stereocenters. The van der Waals surface area contributed by atoms with Crippen LogP contribution in [0.1, 0.15) is 28.6 Å². The fourth-order valence-electron chi connectivity index (χ4n) is 3.07. The normalized spacial score (nSPS) is 12.7. The van der Waals surface area contributed by atoms with Crippen molar-refractivity contribution in [2.45, 2.75) is 19.5 Å². The minimum absolute atomic E-state index is 0.0508. The summed E-state index contributed by atoms with van der Waals surface area (Å²) in [6, 6.07) is 13.1. The molecule has 0 aliphatic carbocycles. The number of hydrogen-bond acceptors (Lipinski definition) is 6. The average molecular weight is 492 g/mol. The monoisotopic (exact) mass is 491 g/mol. The zero-order valence-corrected chi connectivity index (χ0v) is 19.7. The molecule has 0 aliphatic rings. The van der Waals surface area contributed by atoms with Gasteiger partial charge in [0, 0.05) is 16.8 Å². The number of benzene rings is 2. The van der Waals surface area contributed by atoms with Gasteiger partial charge in [-0.3, -0.25) is 0 Å². The standard InChI is InChI=1S/C23H21ClF2N3O3P/c1-3-31-22(30)18-19(14-7-9-15(24)10-8-14)29-32-20(18)17(12-27)21(23(25,26)33)28-16-6-4-5-13(2)11-16/h4-12H,3,27,33H2,1-2H3. The Morgan fingerprint density at radius 3 is 2.58 bits per heavy atom. The predicted molar refractivity (Wildman–Crippen MR) is 128 cm³/mol. The zero-order chi connectivity index (χ0) is 24.2. The minimum Gasteiger partial charge on any atom is -0.462 e. The Hall–Kier alpha value is -3.09. The van der Waals surface area contributed by atoms with E-state index in [-0.39, 0.29) is 34.9 Å². The first-order valence-corrected chi connectivity index (χ1v) is 10.8. The number of esters is 1. The number of hydrogen-bond donors (Lipinski definition) is 1. The van der Waals surface area contributed by atoms with Crippen molar-refractivity contribution in [2.75, 3.05) is 6.61 Å². The van der Waals surface area contributed by atoms with Crippen molar-refractivity contribution >= 4 is 43.8 Å². The summed E-state index contributed by atoms with van der Waals surface area (Å²) >= 11 is 5.95. The molecule has 3 rings (SSSR count). The number of nitrogens with zero attached hydrogens (tertiary/aromatic N) is 2. The van der Waals surface area contributed by atoms with Crippen molar-refractivity contribution in [2.24, 2.45) is 10.7 Å². The summed E-state index contributed by atoms with van der Waals surface area (Å²) in [5, 5.41) is 4.42. The highest BCUT2D eigenvalue weighted by Crippen LogP contribution is 2.38. The van der Waals surface area contributed by atoms with Gasteiger partial charge in [0.1, 0.15) is 17.0 Å². The van der Waals surface area contributed by atoms with Crippen molar-refractivity contribution in [1.29, 1.82) is 0 Å². The van der Waals surface area contributed by atoms with Gasteiger partial charge in [0.15, 0.2) is 5.76 Å². The van der Waals surface area contributed by atoms with E-state index in [0.717, 1.165) is 11.8 Å². The molecule has 0 amide bonds. The van der Waals surface area contributed by atoms with Crippen molar-refractivity contribution in [3.8, 4) is 11.3 Å². The largest absolute Gasteiger partial charge is 0.462 e. The first-order valence-electron chi connectivity index (χ1n) is 9.83. The number of aryl methyl sites for hydroxylation is 1. The number of ether oxygens (including phenoxy) is 1. The van der Waals surface area contributed by atoms with Crippen LogP contribution in [-0.4, -0.2) is 29.1 Å². The summed E-state index contributed by atoms with van der Waals surface area (Å²) in [6.45, 7) is 3.48. The second-order valence-corrected chi connectivity index (χ2v) is 8.13. The summed E-state index contributed by atoms with van der Waals surface area (Å²) in [5.41, 5.74) is 2.77. The molecule has 1 atom stereocenters. The van der Waals surface area contributed by atoms with Gasteiger partial charge in [-0.2, -0.15) is 8.78 Å². The van der Waals surface area contributed by atoms with E-state index in [1.54, 1.807) is 49.4 Å². The van der Waals surface area contributed by atoms with Crippen molar-refractivity contribution in [1.82, 2.24) is 5.16 Å². The molecule has 3 aromatic rings. The van der Waals surface area contributed by atoms with Crippen LogP contribution in [0.25, 0.3) is 16.8 Å². The number of allylic oxidation sites excluding steroid dienone is 1. The highest BCUT2D eigenvalue weighted by molar-refractivity contribution is 7.20. The first-order chi connectivity index (χ1) is 15.7. The Morgan fingerprint density at radius 1 is 1.30 bits per heavy atom. The Bertz CT molecular complexity index is 1220. The Labute approximate surface area is 196 Å². The minimum atomic E-state index is -3.51. The lowest BCUT2D eigenvalue weighted by Gasteiger charge is -2.16. The van der Waals surface area contributed by atoms with Crippen LogP contribution in [0.2, 0.25) is 5.02 Å². The van der Waals surface area contributed by atoms with Gasteiger partial charge in [-0.1, -0.05) is 50.3 Å². The molecule has 0 saturated carbocycles. The summed E-state index contributed by atoms with van der Waals surface area (Å²) in [4.78, 5) is 17.0. The second kappa shape index (κ2) is 10.2. The molecule has 33 heavy (non-hydrogen) atoms. The molecule has 6 nitrogen and oxygen atoms in total. The highest BCUT2D eigenvalue weighted by atomic mass is 35.5. The van der Waals surface area contributed by atoms with E-state index in [1.165, 1.54) is 9.24 Å². The van der Waals surface area contributed by atoms with E-state index < -0.39 is 17.3 Å². The molecule has 0 spiro atoms. The molecule has 0 bridgehead atoms. The van der Waals surface area contributed by atoms with Crippen molar-refractivity contribution < 1.29 is 22.8 Å². The summed E-state index contributed by atoms with van der Waals surface area (Å²) in [5.74, 6) is -1.09. The van der Waals surface area contributed by atoms with Crippen LogP contribution in [0.15, 0.2) is 64.2 Å². The molecular formula is C23H21ClF2N3O3P. The van der Waals surface area contributed by atoms with Crippen molar-refractivity contribution in [3.63, 3.8) is 0 Å². The van der Waals surface area contributed by atoms with Gasteiger partial charge in [-0.25, -0.2) is 9.79 Å². The third kappa shape index (κ3) is 5.64. The van der Waals surface area contributed by atoms with E-state index in [0.29, 0.717) is 10.6 Å². The van der Waals surface area contributed by atoms with E-state index in [1.807, 2.05) is 13.0 Å². The summed E-state index contributed by atoms with van der Waals surface area (Å²) < 4.78 is 39.9. The molecule has 2 N–H and O–H groups in total. The van der Waals surface area contributed by atoms with Gasteiger partial charge in [-0.05, 0) is 43.7 Å². The lowest BCUT2D eigenvalue weighted by atomic mass is 10.00. The molecule has 1 aromatic heterocycles. The molecule has 172 valence electrons. The van der Waals surface area contributed by atoms with E-state index in [2.05, 4.69) is 10.1 Å². The van der Waals surface area contributed by atoms with Crippen LogP contribution in [0.5, 0.6) is 0 Å². The van der Waals surface area contributed by atoms with Gasteiger partial charge >= 0.3 is 11.6 Å². The number of aromatic nitrogens is 1. The van der Waals surface area contributed by atoms with Gasteiger partial charge in [0.05, 0.1) is 17.9 Å². The molecule has 2 aromatic carbocycles. The third-order valence-electron chi connectivity index (χ3n) is 4.51. The van der Waals surface area contributed by atoms with Gasteiger partial charge in [0.25, 0.3) is 0 Å². The number of alkyl halides is 2. The first kappa shape index (κ1) is 24.6. The number of halogens is 3. The maximum Gasteiger partial charge on any atom is 0.344 e. The summed E-state index contributed by atoms with van der Waals surface area (Å²) in [6.07, 6.45) is 0.904. The Kier molecular flexibility index (Phi) is 7.61. The number of nitrogens with two attached hydrogens (primary N) is 1. The van der Waals surface area contributed by atoms with Crippen LogP contribution in [0, 0.1) is 6.92 Å². The number of carbonyl (C=O) groups excluding carboxylic acids is 1. The van der Waals surface area contributed by atoms with Crippen LogP contribution in [0.4, 0.5) is 14.5 Å². The lowest BCUT2D eigenvalue weighted by molar-refractivity contribution is 0.0526. The average Bonchev–Trinajstić information content (AvgIpc) is 3.18. The molecular weight excluding hydrogens is 471 g/mol. The lowest BCUT2D eigenvalue weighted by Crippen LogP contribution is -2.24. The molecule has 0 saturated heterocycles. The van der Waals surface area contributed by atoms with Gasteiger partial charge in [-0.15, -0.1) is 0 Å². The van der Waals surface area contributed by atoms with Crippen LogP contribution < -0.4 is 5.73 Å². The van der Waals surface area contributed by atoms with Crippen LogP contribution in [0.3, 0.4) is 0 Å². The maximum absolute atomic E-state index is 14.7. The fourth-order valence-corrected chi connectivity index (χ4v) is 3.42. The topological polar surface area (TPSA) is 90.7 Å². The van der Waals surface area contributed by atoms with E-state index in [4.69, 9.17) is 26.6 Å². The molecule has 0 fully saturated rings.